The fourth-order valence-corrected chi connectivity index (χ4v) is 3.76. The van der Waals surface area contributed by atoms with Crippen molar-refractivity contribution >= 4 is 10.0 Å². The van der Waals surface area contributed by atoms with E-state index in [9.17, 15) is 8.42 Å². The summed E-state index contributed by atoms with van der Waals surface area (Å²) in [7, 11) is -1.41. The average Bonchev–Trinajstić information content (AvgIpc) is 2.48. The van der Waals surface area contributed by atoms with E-state index in [0.717, 1.165) is 12.1 Å². The van der Waals surface area contributed by atoms with Crippen LogP contribution in [0.4, 0.5) is 0 Å². The molecule has 5 nitrogen and oxygen atoms in total. The van der Waals surface area contributed by atoms with Gasteiger partial charge in [0, 0.05) is 31.2 Å². The molecule has 0 radical (unpaired) electrons. The Bertz CT molecular complexity index is 644. The predicted molar refractivity (Wildman–Crippen MR) is 83.2 cm³/mol. The summed E-state index contributed by atoms with van der Waals surface area (Å²) in [5.41, 5.74) is 6.09. The second kappa shape index (κ2) is 6.58. The van der Waals surface area contributed by atoms with E-state index in [0.29, 0.717) is 24.5 Å². The van der Waals surface area contributed by atoms with Gasteiger partial charge in [0.15, 0.2) is 0 Å². The molecule has 0 aromatic heterocycles. The molecule has 2 rings (SSSR count). The summed E-state index contributed by atoms with van der Waals surface area (Å²) in [5, 5.41) is 0. The van der Waals surface area contributed by atoms with Crippen LogP contribution in [0.3, 0.4) is 0 Å². The topological polar surface area (TPSA) is 66.6 Å². The molecule has 1 aliphatic heterocycles. The van der Waals surface area contributed by atoms with E-state index in [4.69, 9.17) is 5.73 Å². The third-order valence-corrected chi connectivity index (χ3v) is 5.63. The van der Waals surface area contributed by atoms with Crippen LogP contribution < -0.4 is 5.73 Å². The maximum atomic E-state index is 12.6. The van der Waals surface area contributed by atoms with Gasteiger partial charge in [-0.1, -0.05) is 11.8 Å². The monoisotopic (exact) mass is 307 g/mol. The van der Waals surface area contributed by atoms with Crippen molar-refractivity contribution in [2.24, 2.45) is 5.73 Å². The SMILES string of the molecule is CC1CN(S(=O)(=O)c2ccc(C#CCN)cc2)CCN1C. The van der Waals surface area contributed by atoms with Crippen molar-refractivity contribution in [3.05, 3.63) is 29.8 Å². The van der Waals surface area contributed by atoms with Crippen LogP contribution in [0.1, 0.15) is 12.5 Å². The minimum Gasteiger partial charge on any atom is -0.320 e. The molecule has 6 heteroatoms. The summed E-state index contributed by atoms with van der Waals surface area (Å²) in [6.45, 7) is 4.12. The van der Waals surface area contributed by atoms with Crippen molar-refractivity contribution in [1.82, 2.24) is 9.21 Å². The van der Waals surface area contributed by atoms with Crippen molar-refractivity contribution in [2.45, 2.75) is 17.9 Å². The molecule has 1 aliphatic rings. The van der Waals surface area contributed by atoms with Gasteiger partial charge < -0.3 is 10.6 Å². The number of nitrogens with zero attached hydrogens (tertiary/aromatic N) is 2. The number of hydrogen-bond acceptors (Lipinski definition) is 4. The number of piperazine rings is 1. The van der Waals surface area contributed by atoms with Gasteiger partial charge >= 0.3 is 0 Å². The van der Waals surface area contributed by atoms with Crippen LogP contribution in [0.25, 0.3) is 0 Å². The first kappa shape index (κ1) is 16.0. The van der Waals surface area contributed by atoms with Crippen molar-refractivity contribution in [3.63, 3.8) is 0 Å². The summed E-state index contributed by atoms with van der Waals surface area (Å²) in [6.07, 6.45) is 0. The summed E-state index contributed by atoms with van der Waals surface area (Å²) >= 11 is 0. The predicted octanol–water partition coefficient (Wildman–Crippen LogP) is 0.321. The van der Waals surface area contributed by atoms with E-state index in [-0.39, 0.29) is 6.04 Å². The lowest BCUT2D eigenvalue weighted by atomic mass is 10.2. The molecule has 0 amide bonds. The van der Waals surface area contributed by atoms with Crippen LogP contribution in [0, 0.1) is 11.8 Å². The van der Waals surface area contributed by atoms with Gasteiger partial charge in [0.05, 0.1) is 11.4 Å². The first-order valence-electron chi connectivity index (χ1n) is 6.94. The summed E-state index contributed by atoms with van der Waals surface area (Å²) < 4.78 is 26.8. The van der Waals surface area contributed by atoms with E-state index in [2.05, 4.69) is 16.7 Å². The van der Waals surface area contributed by atoms with Gasteiger partial charge in [-0.05, 0) is 38.2 Å². The highest BCUT2D eigenvalue weighted by molar-refractivity contribution is 7.89. The lowest BCUT2D eigenvalue weighted by Crippen LogP contribution is -2.51. The van der Waals surface area contributed by atoms with Crippen molar-refractivity contribution in [1.29, 1.82) is 0 Å². The maximum Gasteiger partial charge on any atom is 0.243 e. The fourth-order valence-electron chi connectivity index (χ4n) is 2.25. The quantitative estimate of drug-likeness (QED) is 0.799. The Kier molecular flexibility index (Phi) is 5.01. The molecule has 0 aliphatic carbocycles. The normalized spacial score (nSPS) is 20.8. The summed E-state index contributed by atoms with van der Waals surface area (Å²) in [6, 6.07) is 6.88. The Morgan fingerprint density at radius 1 is 1.29 bits per heavy atom. The molecule has 1 atom stereocenters. The minimum atomic E-state index is -3.42. The van der Waals surface area contributed by atoms with Gasteiger partial charge in [-0.15, -0.1) is 0 Å². The molecule has 21 heavy (non-hydrogen) atoms. The van der Waals surface area contributed by atoms with Gasteiger partial charge in [-0.2, -0.15) is 4.31 Å². The van der Waals surface area contributed by atoms with E-state index in [1.165, 1.54) is 0 Å². The third kappa shape index (κ3) is 3.63. The zero-order valence-corrected chi connectivity index (χ0v) is 13.2. The van der Waals surface area contributed by atoms with Crippen LogP contribution in [-0.2, 0) is 10.0 Å². The molecule has 1 aromatic rings. The standard InChI is InChI=1S/C15H21N3O2S/c1-13-12-18(11-10-17(13)2)21(19,20)15-7-5-14(6-8-15)4-3-9-16/h5-8,13H,9-12,16H2,1-2H3. The largest absolute Gasteiger partial charge is 0.320 e. The molecular weight excluding hydrogens is 286 g/mol. The number of nitrogens with two attached hydrogens (primary N) is 1. The molecule has 1 unspecified atom stereocenters. The molecule has 2 N–H and O–H groups in total. The van der Waals surface area contributed by atoms with Gasteiger partial charge in [-0.25, -0.2) is 8.42 Å². The Hall–Kier alpha value is -1.39. The fraction of sp³-hybridized carbons (Fsp3) is 0.467. The zero-order chi connectivity index (χ0) is 15.5. The van der Waals surface area contributed by atoms with Gasteiger partial charge in [0.1, 0.15) is 0 Å². The average molecular weight is 307 g/mol. The molecule has 1 aromatic carbocycles. The molecule has 0 spiro atoms. The van der Waals surface area contributed by atoms with Crippen LogP contribution >= 0.6 is 0 Å². The van der Waals surface area contributed by atoms with Crippen molar-refractivity contribution < 1.29 is 8.42 Å². The van der Waals surface area contributed by atoms with E-state index >= 15 is 0 Å². The lowest BCUT2D eigenvalue weighted by Gasteiger charge is -2.36. The number of sulfonamides is 1. The number of hydrogen-bond donors (Lipinski definition) is 1. The first-order valence-corrected chi connectivity index (χ1v) is 8.38. The van der Waals surface area contributed by atoms with Gasteiger partial charge in [0.25, 0.3) is 0 Å². The minimum absolute atomic E-state index is 0.225. The highest BCUT2D eigenvalue weighted by Crippen LogP contribution is 2.19. The number of likely N-dealkylation sites (N-methyl/N-ethyl adjacent to an activating group) is 1. The smallest absolute Gasteiger partial charge is 0.243 e. The molecule has 1 heterocycles. The Balaban J connectivity index is 2.20. The second-order valence-corrected chi connectivity index (χ2v) is 7.16. The van der Waals surface area contributed by atoms with Crippen molar-refractivity contribution in [2.75, 3.05) is 33.2 Å². The number of benzene rings is 1. The molecule has 1 fully saturated rings. The van der Waals surface area contributed by atoms with Crippen LogP contribution in [0.15, 0.2) is 29.2 Å². The van der Waals surface area contributed by atoms with Crippen LogP contribution in [0.2, 0.25) is 0 Å². The summed E-state index contributed by atoms with van der Waals surface area (Å²) in [5.74, 6) is 5.63. The Labute approximate surface area is 126 Å². The van der Waals surface area contributed by atoms with Crippen molar-refractivity contribution in [3.8, 4) is 11.8 Å². The Morgan fingerprint density at radius 2 is 1.95 bits per heavy atom. The second-order valence-electron chi connectivity index (χ2n) is 5.22. The van der Waals surface area contributed by atoms with E-state index in [1.54, 1.807) is 28.6 Å². The molecule has 114 valence electrons. The highest BCUT2D eigenvalue weighted by Gasteiger charge is 2.30. The molecular formula is C15H21N3O2S. The molecule has 0 saturated carbocycles. The third-order valence-electron chi connectivity index (χ3n) is 3.75. The lowest BCUT2D eigenvalue weighted by molar-refractivity contribution is 0.159. The van der Waals surface area contributed by atoms with E-state index in [1.807, 2.05) is 14.0 Å². The van der Waals surface area contributed by atoms with Gasteiger partial charge in [0.2, 0.25) is 10.0 Å². The van der Waals surface area contributed by atoms with Crippen LogP contribution in [0.5, 0.6) is 0 Å². The first-order chi connectivity index (χ1) is 9.95. The highest BCUT2D eigenvalue weighted by atomic mass is 32.2. The molecule has 1 saturated heterocycles. The number of rotatable bonds is 2. The summed E-state index contributed by atoms with van der Waals surface area (Å²) in [4.78, 5) is 2.48. The van der Waals surface area contributed by atoms with Crippen LogP contribution in [-0.4, -0.2) is 56.9 Å². The molecule has 0 bridgehead atoms. The Morgan fingerprint density at radius 3 is 2.52 bits per heavy atom. The maximum absolute atomic E-state index is 12.6. The zero-order valence-electron chi connectivity index (χ0n) is 12.4. The van der Waals surface area contributed by atoms with E-state index < -0.39 is 10.0 Å². The van der Waals surface area contributed by atoms with Gasteiger partial charge in [-0.3, -0.25) is 0 Å².